The van der Waals surface area contributed by atoms with Gasteiger partial charge in [-0.25, -0.2) is 0 Å². The molecule has 1 saturated heterocycles. The molecule has 1 aromatic rings. The lowest BCUT2D eigenvalue weighted by Crippen LogP contribution is -2.37. The molecule has 0 aromatic heterocycles. The van der Waals surface area contributed by atoms with Crippen molar-refractivity contribution in [1.29, 1.82) is 0 Å². The summed E-state index contributed by atoms with van der Waals surface area (Å²) in [7, 11) is 3.21. The van der Waals surface area contributed by atoms with Crippen molar-refractivity contribution >= 4 is 11.6 Å². The van der Waals surface area contributed by atoms with Crippen LogP contribution in [0.2, 0.25) is 0 Å². The van der Waals surface area contributed by atoms with E-state index >= 15 is 0 Å². The van der Waals surface area contributed by atoms with E-state index in [1.807, 2.05) is 0 Å². The Morgan fingerprint density at radius 1 is 1.48 bits per heavy atom. The maximum atomic E-state index is 11.9. The molecule has 0 aliphatic carbocycles. The molecule has 2 rings (SSSR count). The molecule has 0 unspecified atom stereocenters. The second-order valence-corrected chi connectivity index (χ2v) is 5.23. The minimum Gasteiger partial charge on any atom is -0.482 e. The zero-order chi connectivity index (χ0) is 15.4. The van der Waals surface area contributed by atoms with Gasteiger partial charge in [-0.15, -0.1) is 0 Å². The van der Waals surface area contributed by atoms with Gasteiger partial charge in [0.05, 0.1) is 4.92 Å². The van der Waals surface area contributed by atoms with Crippen LogP contribution in [0.1, 0.15) is 23.2 Å². The fourth-order valence-corrected chi connectivity index (χ4v) is 2.25. The zero-order valence-electron chi connectivity index (χ0n) is 12.2. The van der Waals surface area contributed by atoms with Gasteiger partial charge in [0.25, 0.3) is 5.91 Å². The van der Waals surface area contributed by atoms with Crippen molar-refractivity contribution in [3.8, 4) is 5.75 Å². The molecule has 21 heavy (non-hydrogen) atoms. The number of amides is 1. The summed E-state index contributed by atoms with van der Waals surface area (Å²) in [6, 6.07) is 4.33. The van der Waals surface area contributed by atoms with E-state index in [0.29, 0.717) is 6.54 Å². The Morgan fingerprint density at radius 2 is 2.24 bits per heavy atom. The summed E-state index contributed by atoms with van der Waals surface area (Å²) in [5, 5.41) is 14.4. The Kier molecular flexibility index (Phi) is 4.74. The van der Waals surface area contributed by atoms with Gasteiger partial charge in [0.2, 0.25) is 0 Å². The van der Waals surface area contributed by atoms with Gasteiger partial charge >= 0.3 is 5.69 Å². The number of carbonyl (C=O) groups excluding carboxylic acids is 1. The lowest BCUT2D eigenvalue weighted by atomic mass is 10.1. The van der Waals surface area contributed by atoms with Crippen LogP contribution in [-0.2, 0) is 0 Å². The Bertz CT molecular complexity index is 539. The van der Waals surface area contributed by atoms with E-state index in [2.05, 4.69) is 5.32 Å². The molecule has 0 radical (unpaired) electrons. The van der Waals surface area contributed by atoms with Crippen LogP contribution in [0.5, 0.6) is 5.75 Å². The topological polar surface area (TPSA) is 84.7 Å². The minimum absolute atomic E-state index is 0.0761. The molecule has 1 amide bonds. The van der Waals surface area contributed by atoms with E-state index < -0.39 is 4.92 Å². The van der Waals surface area contributed by atoms with E-state index in [0.717, 1.165) is 19.4 Å². The standard InChI is InChI=1S/C14H19N3O4/c1-16(2)14(18)10-5-6-13(12(8-10)17(19)20)21-11-4-3-7-15-9-11/h5-6,8,11,15H,3-4,7,9H2,1-2H3/t11-/m0/s1. The third kappa shape index (κ3) is 3.69. The summed E-state index contributed by atoms with van der Waals surface area (Å²) in [5.74, 6) is -0.0620. The third-order valence-electron chi connectivity index (χ3n) is 3.35. The quantitative estimate of drug-likeness (QED) is 0.670. The first kappa shape index (κ1) is 15.2. The predicted octanol–water partition coefficient (Wildman–Crippen LogP) is 1.43. The average molecular weight is 293 g/mol. The summed E-state index contributed by atoms with van der Waals surface area (Å²) >= 11 is 0. The first-order valence-electron chi connectivity index (χ1n) is 6.86. The molecule has 1 heterocycles. The molecule has 7 nitrogen and oxygen atoms in total. The Labute approximate surface area is 123 Å². The van der Waals surface area contributed by atoms with Crippen LogP contribution in [0.15, 0.2) is 18.2 Å². The largest absolute Gasteiger partial charge is 0.482 e. The highest BCUT2D eigenvalue weighted by atomic mass is 16.6. The van der Waals surface area contributed by atoms with Crippen LogP contribution in [0.4, 0.5) is 5.69 Å². The molecule has 0 saturated carbocycles. The Hall–Kier alpha value is -2.15. The van der Waals surface area contributed by atoms with Gasteiger partial charge in [-0.2, -0.15) is 0 Å². The molecule has 1 aliphatic rings. The van der Waals surface area contributed by atoms with Gasteiger partial charge in [-0.05, 0) is 31.5 Å². The van der Waals surface area contributed by atoms with Crippen LogP contribution >= 0.6 is 0 Å². The summed E-state index contributed by atoms with van der Waals surface area (Å²) in [4.78, 5) is 23.9. The number of ether oxygens (including phenoxy) is 1. The Morgan fingerprint density at radius 3 is 2.81 bits per heavy atom. The van der Waals surface area contributed by atoms with Crippen molar-refractivity contribution in [3.63, 3.8) is 0 Å². The molecule has 1 atom stereocenters. The molecule has 0 spiro atoms. The predicted molar refractivity (Wildman–Crippen MR) is 77.6 cm³/mol. The lowest BCUT2D eigenvalue weighted by molar-refractivity contribution is -0.386. The Balaban J connectivity index is 2.24. The number of piperidine rings is 1. The molecular formula is C14H19N3O4. The highest BCUT2D eigenvalue weighted by molar-refractivity contribution is 5.94. The molecule has 1 aliphatic heterocycles. The SMILES string of the molecule is CN(C)C(=O)c1ccc(O[C@H]2CCCNC2)c([N+](=O)[O-])c1. The summed E-state index contributed by atoms with van der Waals surface area (Å²) in [6.45, 7) is 1.62. The number of hydrogen-bond acceptors (Lipinski definition) is 5. The number of carbonyl (C=O) groups is 1. The highest BCUT2D eigenvalue weighted by Gasteiger charge is 2.23. The maximum absolute atomic E-state index is 11.9. The fourth-order valence-electron chi connectivity index (χ4n) is 2.25. The van der Waals surface area contributed by atoms with E-state index in [1.54, 1.807) is 20.2 Å². The molecule has 1 aromatic carbocycles. The molecule has 114 valence electrons. The van der Waals surface area contributed by atoms with Crippen LogP contribution in [0.3, 0.4) is 0 Å². The third-order valence-corrected chi connectivity index (χ3v) is 3.35. The number of nitro benzene ring substituents is 1. The van der Waals surface area contributed by atoms with Gasteiger partial charge in [0, 0.05) is 32.3 Å². The fraction of sp³-hybridized carbons (Fsp3) is 0.500. The first-order valence-corrected chi connectivity index (χ1v) is 6.86. The lowest BCUT2D eigenvalue weighted by Gasteiger charge is -2.23. The van der Waals surface area contributed by atoms with E-state index in [-0.39, 0.29) is 29.0 Å². The maximum Gasteiger partial charge on any atom is 0.311 e. The van der Waals surface area contributed by atoms with Crippen molar-refractivity contribution in [2.45, 2.75) is 18.9 Å². The number of nitrogens with one attached hydrogen (secondary N) is 1. The van der Waals surface area contributed by atoms with Crippen molar-refractivity contribution < 1.29 is 14.5 Å². The summed E-state index contributed by atoms with van der Waals surface area (Å²) in [6.07, 6.45) is 1.77. The second kappa shape index (κ2) is 6.53. The van der Waals surface area contributed by atoms with Crippen molar-refractivity contribution in [1.82, 2.24) is 10.2 Å². The van der Waals surface area contributed by atoms with Gasteiger partial charge in [-0.1, -0.05) is 0 Å². The van der Waals surface area contributed by atoms with E-state index in [1.165, 1.54) is 17.0 Å². The first-order chi connectivity index (χ1) is 9.99. The van der Waals surface area contributed by atoms with Crippen molar-refractivity contribution in [3.05, 3.63) is 33.9 Å². The minimum atomic E-state index is -0.516. The van der Waals surface area contributed by atoms with Gasteiger partial charge < -0.3 is 15.0 Å². The summed E-state index contributed by atoms with van der Waals surface area (Å²) < 4.78 is 5.71. The van der Waals surface area contributed by atoms with Crippen LogP contribution in [0, 0.1) is 10.1 Å². The second-order valence-electron chi connectivity index (χ2n) is 5.23. The van der Waals surface area contributed by atoms with Gasteiger partial charge in [0.1, 0.15) is 6.10 Å². The molecule has 7 heteroatoms. The van der Waals surface area contributed by atoms with Crippen LogP contribution in [0.25, 0.3) is 0 Å². The molecule has 1 fully saturated rings. The van der Waals surface area contributed by atoms with E-state index in [4.69, 9.17) is 4.74 Å². The molecule has 0 bridgehead atoms. The smallest absolute Gasteiger partial charge is 0.311 e. The number of nitro groups is 1. The number of benzene rings is 1. The van der Waals surface area contributed by atoms with Crippen molar-refractivity contribution in [2.75, 3.05) is 27.2 Å². The van der Waals surface area contributed by atoms with Gasteiger partial charge in [-0.3, -0.25) is 14.9 Å². The van der Waals surface area contributed by atoms with Crippen LogP contribution < -0.4 is 10.1 Å². The zero-order valence-corrected chi connectivity index (χ0v) is 12.2. The normalized spacial score (nSPS) is 18.1. The number of hydrogen-bond donors (Lipinski definition) is 1. The average Bonchev–Trinajstić information content (AvgIpc) is 2.47. The van der Waals surface area contributed by atoms with Gasteiger partial charge in [0.15, 0.2) is 5.75 Å². The highest BCUT2D eigenvalue weighted by Crippen LogP contribution is 2.30. The molecule has 1 N–H and O–H groups in total. The van der Waals surface area contributed by atoms with Crippen LogP contribution in [-0.4, -0.2) is 49.0 Å². The monoisotopic (exact) mass is 293 g/mol. The van der Waals surface area contributed by atoms with Crippen molar-refractivity contribution in [2.24, 2.45) is 0 Å². The number of rotatable bonds is 4. The molecular weight excluding hydrogens is 274 g/mol. The van der Waals surface area contributed by atoms with E-state index in [9.17, 15) is 14.9 Å². The number of nitrogens with zero attached hydrogens (tertiary/aromatic N) is 2. The summed E-state index contributed by atoms with van der Waals surface area (Å²) in [5.41, 5.74) is 0.106.